The fourth-order valence-electron chi connectivity index (χ4n) is 6.55. The lowest BCUT2D eigenvalue weighted by Gasteiger charge is -2.36. The molecule has 1 N–H and O–H groups in total. The molecule has 0 spiro atoms. The number of carboxylic acid groups (broad SMARTS) is 1. The van der Waals surface area contributed by atoms with Crippen LogP contribution in [0.25, 0.3) is 0 Å². The van der Waals surface area contributed by atoms with E-state index in [0.29, 0.717) is 18.3 Å². The van der Waals surface area contributed by atoms with Gasteiger partial charge in [0.15, 0.2) is 0 Å². The summed E-state index contributed by atoms with van der Waals surface area (Å²) in [5.74, 6) is -2.70. The van der Waals surface area contributed by atoms with Gasteiger partial charge in [-0.05, 0) is 74.2 Å². The highest BCUT2D eigenvalue weighted by molar-refractivity contribution is 5.74. The number of hydrogen-bond donors (Lipinski definition) is 1. The summed E-state index contributed by atoms with van der Waals surface area (Å²) < 4.78 is 29.3. The molecule has 3 atom stereocenters. The van der Waals surface area contributed by atoms with Crippen LogP contribution in [-0.4, -0.2) is 64.6 Å². The molecule has 208 valence electrons. The Hall–Kier alpha value is -2.38. The highest BCUT2D eigenvalue weighted by Crippen LogP contribution is 2.39. The fraction of sp³-hybridized carbons (Fsp3) is 0.613. The minimum Gasteiger partial charge on any atom is -0.480 e. The number of carbonyl (C=O) groups is 1. The van der Waals surface area contributed by atoms with Gasteiger partial charge in [0.1, 0.15) is 6.04 Å². The summed E-state index contributed by atoms with van der Waals surface area (Å²) >= 11 is 0. The van der Waals surface area contributed by atoms with Gasteiger partial charge in [-0.15, -0.1) is 0 Å². The second-order valence-electron chi connectivity index (χ2n) is 12.6. The highest BCUT2D eigenvalue weighted by atomic mass is 19.3. The molecule has 2 saturated heterocycles. The highest BCUT2D eigenvalue weighted by Gasteiger charge is 2.44. The number of carboxylic acids is 1. The molecule has 0 radical (unpaired) electrons. The van der Waals surface area contributed by atoms with Gasteiger partial charge in [-0.3, -0.25) is 14.7 Å². The molecule has 1 aromatic heterocycles. The molecule has 0 amide bonds. The minimum atomic E-state index is -2.84. The van der Waals surface area contributed by atoms with Gasteiger partial charge in [-0.2, -0.15) is 0 Å². The second-order valence-corrected chi connectivity index (χ2v) is 12.6. The summed E-state index contributed by atoms with van der Waals surface area (Å²) in [7, 11) is 0. The molecule has 7 heteroatoms. The van der Waals surface area contributed by atoms with Crippen LogP contribution < -0.4 is 0 Å². The number of benzene rings is 1. The van der Waals surface area contributed by atoms with Crippen LogP contribution in [0.4, 0.5) is 8.78 Å². The van der Waals surface area contributed by atoms with Crippen LogP contribution in [0, 0.1) is 24.2 Å². The van der Waals surface area contributed by atoms with Gasteiger partial charge in [-0.25, -0.2) is 8.78 Å². The Kier molecular flexibility index (Phi) is 8.88. The maximum atomic E-state index is 14.6. The van der Waals surface area contributed by atoms with E-state index in [2.05, 4.69) is 46.0 Å². The molecule has 0 aliphatic carbocycles. The van der Waals surface area contributed by atoms with Crippen molar-refractivity contribution in [3.8, 4) is 0 Å². The van der Waals surface area contributed by atoms with Crippen molar-refractivity contribution in [3.63, 3.8) is 0 Å². The van der Waals surface area contributed by atoms with E-state index < -0.39 is 17.9 Å². The Balaban J connectivity index is 1.38. The molecule has 2 aliphatic rings. The summed E-state index contributed by atoms with van der Waals surface area (Å²) in [5, 5.41) is 10.1. The summed E-state index contributed by atoms with van der Waals surface area (Å²) in [6.45, 7) is 12.3. The number of pyridine rings is 1. The summed E-state index contributed by atoms with van der Waals surface area (Å²) in [4.78, 5) is 20.8. The lowest BCUT2D eigenvalue weighted by molar-refractivity contribution is -0.147. The molecule has 5 nitrogen and oxygen atoms in total. The zero-order valence-electron chi connectivity index (χ0n) is 23.2. The van der Waals surface area contributed by atoms with E-state index >= 15 is 0 Å². The molecule has 38 heavy (non-hydrogen) atoms. The fourth-order valence-corrected chi connectivity index (χ4v) is 6.55. The van der Waals surface area contributed by atoms with E-state index in [1.54, 1.807) is 6.07 Å². The Morgan fingerprint density at radius 3 is 2.47 bits per heavy atom. The van der Waals surface area contributed by atoms with E-state index in [-0.39, 0.29) is 23.3 Å². The largest absolute Gasteiger partial charge is 0.480 e. The smallest absolute Gasteiger partial charge is 0.321 e. The molecule has 1 aromatic carbocycles. The van der Waals surface area contributed by atoms with Crippen LogP contribution in [0.3, 0.4) is 0 Å². The molecule has 3 unspecified atom stereocenters. The number of aryl methyl sites for hydroxylation is 1. The average molecular weight is 528 g/mol. The Bertz CT molecular complexity index is 1060. The van der Waals surface area contributed by atoms with Crippen LogP contribution >= 0.6 is 0 Å². The number of alkyl halides is 2. The summed E-state index contributed by atoms with van der Waals surface area (Å²) in [6.07, 6.45) is 5.02. The van der Waals surface area contributed by atoms with Crippen molar-refractivity contribution in [1.29, 1.82) is 0 Å². The molecule has 2 aliphatic heterocycles. The lowest BCUT2D eigenvalue weighted by atomic mass is 9.85. The van der Waals surface area contributed by atoms with Crippen molar-refractivity contribution >= 4 is 5.97 Å². The van der Waals surface area contributed by atoms with Crippen LogP contribution in [0.1, 0.15) is 69.1 Å². The Morgan fingerprint density at radius 2 is 1.87 bits per heavy atom. The molecule has 0 saturated carbocycles. The number of piperidine rings is 1. The monoisotopic (exact) mass is 527 g/mol. The second kappa shape index (κ2) is 11.8. The van der Waals surface area contributed by atoms with Crippen molar-refractivity contribution in [1.82, 2.24) is 14.8 Å². The first kappa shape index (κ1) is 28.6. The van der Waals surface area contributed by atoms with E-state index in [1.165, 1.54) is 29.6 Å². The number of halogens is 2. The third kappa shape index (κ3) is 6.97. The van der Waals surface area contributed by atoms with E-state index in [0.717, 1.165) is 45.6 Å². The zero-order valence-corrected chi connectivity index (χ0v) is 23.2. The predicted molar refractivity (Wildman–Crippen MR) is 146 cm³/mol. The first-order chi connectivity index (χ1) is 17.9. The molecular weight excluding hydrogens is 484 g/mol. The van der Waals surface area contributed by atoms with Gasteiger partial charge in [0, 0.05) is 49.9 Å². The SMILES string of the molecule is Cc1cccc(C2CN(C(C(=O)O)C(C)(C)C)CC2CN2CCC(CCC(F)(F)c3cccnc3)CC2)c1. The normalized spacial score (nSPS) is 23.0. The maximum absolute atomic E-state index is 14.6. The lowest BCUT2D eigenvalue weighted by Crippen LogP contribution is -2.48. The van der Waals surface area contributed by atoms with E-state index in [4.69, 9.17) is 0 Å². The van der Waals surface area contributed by atoms with Gasteiger partial charge in [0.2, 0.25) is 0 Å². The topological polar surface area (TPSA) is 56.7 Å². The molecule has 0 bridgehead atoms. The summed E-state index contributed by atoms with van der Waals surface area (Å²) in [5.41, 5.74) is 2.13. The standard InChI is InChI=1S/C31H43F2N3O2/c1-22-7-5-8-24(17-22)27-21-36(28(29(37)38)30(2,3)4)20-25(27)19-35-15-11-23(12-16-35)10-13-31(32,33)26-9-6-14-34-18-26/h5-9,14,17-18,23,25,27-28H,10-13,15-16,19-21H2,1-4H3,(H,37,38). The zero-order chi connectivity index (χ0) is 27.5. The van der Waals surface area contributed by atoms with Crippen LogP contribution in [0.5, 0.6) is 0 Å². The van der Waals surface area contributed by atoms with Gasteiger partial charge < -0.3 is 10.0 Å². The van der Waals surface area contributed by atoms with Crippen LogP contribution in [0.15, 0.2) is 48.8 Å². The van der Waals surface area contributed by atoms with Crippen molar-refractivity contribution in [2.24, 2.45) is 17.3 Å². The number of rotatable bonds is 9. The quantitative estimate of drug-likeness (QED) is 0.422. The Morgan fingerprint density at radius 1 is 1.13 bits per heavy atom. The van der Waals surface area contributed by atoms with Crippen molar-refractivity contribution in [2.45, 2.75) is 71.3 Å². The van der Waals surface area contributed by atoms with Gasteiger partial charge in [0.05, 0.1) is 0 Å². The number of nitrogens with zero attached hydrogens (tertiary/aromatic N) is 3. The molecule has 2 aromatic rings. The predicted octanol–water partition coefficient (Wildman–Crippen LogP) is 6.19. The third-order valence-corrected chi connectivity index (χ3v) is 8.51. The first-order valence-electron chi connectivity index (χ1n) is 14.0. The van der Waals surface area contributed by atoms with Gasteiger partial charge in [-0.1, -0.05) is 50.6 Å². The first-order valence-corrected chi connectivity index (χ1v) is 14.0. The van der Waals surface area contributed by atoms with Gasteiger partial charge in [0.25, 0.3) is 5.92 Å². The van der Waals surface area contributed by atoms with E-state index in [1.807, 2.05) is 20.8 Å². The van der Waals surface area contributed by atoms with E-state index in [9.17, 15) is 18.7 Å². The van der Waals surface area contributed by atoms with Crippen LogP contribution in [-0.2, 0) is 10.7 Å². The van der Waals surface area contributed by atoms with Crippen molar-refractivity contribution in [2.75, 3.05) is 32.7 Å². The van der Waals surface area contributed by atoms with Crippen molar-refractivity contribution in [3.05, 3.63) is 65.5 Å². The molecule has 3 heterocycles. The molecule has 2 fully saturated rings. The Labute approximate surface area is 226 Å². The van der Waals surface area contributed by atoms with Crippen molar-refractivity contribution < 1.29 is 18.7 Å². The van der Waals surface area contributed by atoms with Gasteiger partial charge >= 0.3 is 5.97 Å². The number of aliphatic carboxylic acids is 1. The number of aromatic nitrogens is 1. The third-order valence-electron chi connectivity index (χ3n) is 8.51. The number of likely N-dealkylation sites (tertiary alicyclic amines) is 2. The minimum absolute atomic E-state index is 0.000311. The number of hydrogen-bond acceptors (Lipinski definition) is 4. The maximum Gasteiger partial charge on any atom is 0.321 e. The van der Waals surface area contributed by atoms with Crippen LogP contribution in [0.2, 0.25) is 0 Å². The molecular formula is C31H43F2N3O2. The molecule has 4 rings (SSSR count). The summed E-state index contributed by atoms with van der Waals surface area (Å²) in [6, 6.07) is 11.1. The average Bonchev–Trinajstić information content (AvgIpc) is 3.25.